The molecule has 5 nitrogen and oxygen atoms in total. The molecule has 1 amide bonds. The minimum absolute atomic E-state index is 0.135. The van der Waals surface area contributed by atoms with Crippen molar-refractivity contribution >= 4 is 29.3 Å². The topological polar surface area (TPSA) is 49.9 Å². The molecule has 39 heavy (non-hydrogen) atoms. The molecule has 2 fully saturated rings. The summed E-state index contributed by atoms with van der Waals surface area (Å²) < 4.78 is 28.7. The van der Waals surface area contributed by atoms with Crippen LogP contribution in [0.4, 0.5) is 15.8 Å². The molecular formula is C33H35FN2O3. The van der Waals surface area contributed by atoms with Crippen molar-refractivity contribution in [1.29, 1.82) is 0 Å². The average Bonchev–Trinajstić information content (AvgIpc) is 3.60. The molecule has 0 saturated heterocycles. The number of rotatable bonds is 8. The minimum atomic E-state index is -1.06. The second kappa shape index (κ2) is 11.4. The number of fused-ring (bicyclic) bond motifs is 2. The molecule has 0 aliphatic heterocycles. The number of amides is 1. The van der Waals surface area contributed by atoms with Crippen molar-refractivity contribution in [2.75, 3.05) is 31.0 Å². The zero-order chi connectivity index (χ0) is 28.4. The lowest BCUT2D eigenvalue weighted by Crippen LogP contribution is -2.38. The van der Waals surface area contributed by atoms with Crippen LogP contribution in [0.3, 0.4) is 0 Å². The van der Waals surface area contributed by atoms with Gasteiger partial charge in [-0.1, -0.05) is 42.8 Å². The van der Waals surface area contributed by atoms with E-state index in [0.29, 0.717) is 28.7 Å². The van der Waals surface area contributed by atoms with E-state index >= 15 is 0 Å². The maximum atomic E-state index is 14.8. The summed E-state index contributed by atoms with van der Waals surface area (Å²) in [5.74, 6) is -0.546. The van der Waals surface area contributed by atoms with Gasteiger partial charge >= 0.3 is 5.97 Å². The van der Waals surface area contributed by atoms with Crippen LogP contribution in [0.25, 0.3) is 17.2 Å². The highest BCUT2D eigenvalue weighted by Gasteiger charge is 2.44. The predicted octanol–water partition coefficient (Wildman–Crippen LogP) is 6.71. The summed E-state index contributed by atoms with van der Waals surface area (Å²) in [5.41, 5.74) is 4.53. The number of halogens is 1. The van der Waals surface area contributed by atoms with Gasteiger partial charge in [0.15, 0.2) is 0 Å². The molecule has 3 aromatic rings. The van der Waals surface area contributed by atoms with E-state index in [1.165, 1.54) is 36.3 Å². The van der Waals surface area contributed by atoms with Gasteiger partial charge in [-0.05, 0) is 89.8 Å². The lowest BCUT2D eigenvalue weighted by Gasteiger charge is -2.30. The molecule has 2 bridgehead atoms. The number of carbonyl (C=O) groups is 2. The van der Waals surface area contributed by atoms with Crippen LogP contribution >= 0.6 is 0 Å². The molecule has 0 N–H and O–H groups in total. The van der Waals surface area contributed by atoms with Crippen LogP contribution in [0.5, 0.6) is 0 Å². The highest BCUT2D eigenvalue weighted by Crippen LogP contribution is 2.49. The Morgan fingerprint density at radius 1 is 0.974 bits per heavy atom. The van der Waals surface area contributed by atoms with E-state index in [1.54, 1.807) is 6.07 Å². The number of benzene rings is 3. The summed E-state index contributed by atoms with van der Waals surface area (Å²) in [5, 5.41) is 0. The van der Waals surface area contributed by atoms with E-state index in [1.807, 2.05) is 43.3 Å². The van der Waals surface area contributed by atoms with Crippen molar-refractivity contribution in [2.24, 2.45) is 17.8 Å². The van der Waals surface area contributed by atoms with E-state index in [4.69, 9.17) is 0 Å². The molecule has 2 saturated carbocycles. The molecule has 4 atom stereocenters. The van der Waals surface area contributed by atoms with Crippen molar-refractivity contribution < 1.29 is 20.1 Å². The highest BCUT2D eigenvalue weighted by atomic mass is 19.1. The zero-order valence-electron chi connectivity index (χ0n) is 23.6. The van der Waals surface area contributed by atoms with Gasteiger partial charge in [0.1, 0.15) is 5.82 Å². The molecule has 0 spiro atoms. The lowest BCUT2D eigenvalue weighted by molar-refractivity contribution is -0.134. The zero-order valence-corrected chi connectivity index (χ0v) is 22.6. The first-order valence-corrected chi connectivity index (χ1v) is 13.4. The van der Waals surface area contributed by atoms with Crippen molar-refractivity contribution in [3.8, 4) is 11.1 Å². The monoisotopic (exact) mass is 527 g/mol. The second-order valence-corrected chi connectivity index (χ2v) is 10.8. The van der Waals surface area contributed by atoms with Crippen LogP contribution in [-0.4, -0.2) is 33.1 Å². The number of hydrogen-bond acceptors (Lipinski definition) is 4. The third kappa shape index (κ3) is 6.06. The van der Waals surface area contributed by atoms with Gasteiger partial charge in [-0.25, -0.2) is 9.18 Å². The SMILES string of the molecule is [2H]C(c1ccc(-c2ccc(N(C)C)cc2)cc1)N(C(=O)C1CC2CCC1C2)c1cc(F)cc(/C=C/C(=O)OC)c1. The van der Waals surface area contributed by atoms with Gasteiger partial charge in [-0.15, -0.1) is 0 Å². The van der Waals surface area contributed by atoms with Crippen molar-refractivity contribution in [2.45, 2.75) is 32.2 Å². The van der Waals surface area contributed by atoms with Crippen LogP contribution in [0, 0.1) is 23.6 Å². The summed E-state index contributed by atoms with van der Waals surface area (Å²) in [6.07, 6.45) is 6.70. The van der Waals surface area contributed by atoms with E-state index in [9.17, 15) is 15.4 Å². The largest absolute Gasteiger partial charge is 0.466 e. The Kier molecular flexibility index (Phi) is 7.44. The lowest BCUT2D eigenvalue weighted by atomic mass is 9.87. The Hall–Kier alpha value is -3.93. The minimum Gasteiger partial charge on any atom is -0.466 e. The number of hydrogen-bond donors (Lipinski definition) is 0. The Morgan fingerprint density at radius 3 is 2.26 bits per heavy atom. The van der Waals surface area contributed by atoms with E-state index < -0.39 is 18.3 Å². The first-order valence-electron chi connectivity index (χ1n) is 14.0. The third-order valence-corrected chi connectivity index (χ3v) is 7.99. The van der Waals surface area contributed by atoms with Crippen LogP contribution in [0.15, 0.2) is 72.8 Å². The van der Waals surface area contributed by atoms with Crippen molar-refractivity contribution in [3.05, 3.63) is 89.8 Å². The molecule has 4 unspecified atom stereocenters. The van der Waals surface area contributed by atoms with Gasteiger partial charge < -0.3 is 14.5 Å². The number of esters is 1. The Labute approximate surface area is 231 Å². The van der Waals surface area contributed by atoms with Crippen LogP contribution in [0.2, 0.25) is 0 Å². The van der Waals surface area contributed by atoms with Gasteiger partial charge in [0, 0.05) is 37.5 Å². The fourth-order valence-corrected chi connectivity index (χ4v) is 5.92. The smallest absolute Gasteiger partial charge is 0.330 e. The quantitative estimate of drug-likeness (QED) is 0.241. The molecule has 5 rings (SSSR count). The van der Waals surface area contributed by atoms with Gasteiger partial charge in [-0.2, -0.15) is 0 Å². The maximum Gasteiger partial charge on any atom is 0.330 e. The summed E-state index contributed by atoms with van der Waals surface area (Å²) in [6.45, 7) is -1.06. The summed E-state index contributed by atoms with van der Waals surface area (Å²) in [6, 6.07) is 20.1. The molecule has 202 valence electrons. The van der Waals surface area contributed by atoms with Gasteiger partial charge in [0.25, 0.3) is 0 Å². The summed E-state index contributed by atoms with van der Waals surface area (Å²) >= 11 is 0. The number of nitrogens with zero attached hydrogens (tertiary/aromatic N) is 2. The van der Waals surface area contributed by atoms with Gasteiger partial charge in [-0.3, -0.25) is 4.79 Å². The Balaban J connectivity index is 1.47. The molecular weight excluding hydrogens is 491 g/mol. The van der Waals surface area contributed by atoms with Crippen molar-refractivity contribution in [1.82, 2.24) is 0 Å². The Bertz CT molecular complexity index is 1400. The van der Waals surface area contributed by atoms with Gasteiger partial charge in [0.2, 0.25) is 5.91 Å². The number of carbonyl (C=O) groups excluding carboxylic acids is 2. The predicted molar refractivity (Wildman–Crippen MR) is 154 cm³/mol. The van der Waals surface area contributed by atoms with E-state index in [0.717, 1.165) is 42.5 Å². The van der Waals surface area contributed by atoms with E-state index in [2.05, 4.69) is 29.0 Å². The number of anilines is 2. The summed E-state index contributed by atoms with van der Waals surface area (Å²) in [4.78, 5) is 29.1. The molecule has 6 heteroatoms. The van der Waals surface area contributed by atoms with E-state index in [-0.39, 0.29) is 11.8 Å². The standard InChI is InChI=1S/C33H35FN2O3/c1-35(2)29-13-11-26(12-14-29)25-8-4-22(5-9-25)21-36(33(38)31-19-23-6-10-27(31)16-23)30-18-24(17-28(34)20-30)7-15-32(37)39-3/h4-5,7-9,11-15,17-18,20,23,27,31H,6,10,16,19,21H2,1-3H3/b15-7+/i21D. The normalized spacial score (nSPS) is 21.0. The first-order chi connectivity index (χ1) is 19.2. The number of ether oxygens (including phenoxy) is 1. The van der Waals surface area contributed by atoms with Crippen LogP contribution in [-0.2, 0) is 20.8 Å². The second-order valence-electron chi connectivity index (χ2n) is 10.8. The van der Waals surface area contributed by atoms with Crippen molar-refractivity contribution in [3.63, 3.8) is 0 Å². The molecule has 0 radical (unpaired) electrons. The molecule has 0 aromatic heterocycles. The fourth-order valence-electron chi connectivity index (χ4n) is 5.92. The molecule has 3 aromatic carbocycles. The van der Waals surface area contributed by atoms with Gasteiger partial charge in [0.05, 0.1) is 15.0 Å². The molecule has 2 aliphatic carbocycles. The van der Waals surface area contributed by atoms with Crippen LogP contribution in [0.1, 0.15) is 38.2 Å². The average molecular weight is 528 g/mol. The summed E-state index contributed by atoms with van der Waals surface area (Å²) in [7, 11) is 5.27. The molecule has 0 heterocycles. The fraction of sp³-hybridized carbons (Fsp3) is 0.333. The molecule has 2 aliphatic rings. The number of methoxy groups -OCH3 is 1. The Morgan fingerprint density at radius 2 is 1.67 bits per heavy atom. The highest BCUT2D eigenvalue weighted by molar-refractivity contribution is 5.96. The van der Waals surface area contributed by atoms with Crippen LogP contribution < -0.4 is 9.80 Å². The maximum absolute atomic E-state index is 14.8. The first kappa shape index (κ1) is 25.4. The third-order valence-electron chi connectivity index (χ3n) is 7.99.